The van der Waals surface area contributed by atoms with Crippen LogP contribution in [0.2, 0.25) is 0 Å². The van der Waals surface area contributed by atoms with Crippen LogP contribution in [0.5, 0.6) is 0 Å². The molecule has 0 aromatic rings. The molecule has 3 nitrogen and oxygen atoms in total. The molecule has 0 aromatic heterocycles. The molecule has 0 heterocycles. The Hall–Kier alpha value is 0.150. The number of hydrogen-bond donors (Lipinski definition) is 0. The van der Waals surface area contributed by atoms with E-state index in [0.29, 0.717) is 6.61 Å². The summed E-state index contributed by atoms with van der Waals surface area (Å²) in [6, 6.07) is 0. The fourth-order valence-electron chi connectivity index (χ4n) is 2.29. The summed E-state index contributed by atoms with van der Waals surface area (Å²) < 4.78 is 18.3. The van der Waals surface area contributed by atoms with Gasteiger partial charge in [-0.2, -0.15) is 0 Å². The van der Waals surface area contributed by atoms with E-state index in [0.717, 1.165) is 0 Å². The first kappa shape index (κ1) is 17.2. The topological polar surface area (TPSA) is 29.5 Å². The highest BCUT2D eigenvalue weighted by Gasteiger charge is 2.44. The third-order valence-corrected chi connectivity index (χ3v) is 5.81. The van der Waals surface area contributed by atoms with Crippen molar-refractivity contribution in [1.29, 1.82) is 0 Å². The number of hydrogen-bond acceptors (Lipinski definition) is 3. The smallest absolute Gasteiger partial charge is 0.217 e. The van der Waals surface area contributed by atoms with Crippen molar-refractivity contribution < 1.29 is 9.09 Å². The molecular formula is C13H30NO2P. The van der Waals surface area contributed by atoms with Gasteiger partial charge in [-0.3, -0.25) is 9.46 Å². The predicted molar refractivity (Wildman–Crippen MR) is 75.9 cm³/mol. The van der Waals surface area contributed by atoms with Crippen molar-refractivity contribution in [1.82, 2.24) is 4.90 Å². The lowest BCUT2D eigenvalue weighted by Gasteiger charge is -2.46. The second-order valence-electron chi connectivity index (χ2n) is 6.85. The van der Waals surface area contributed by atoms with Crippen LogP contribution in [0.25, 0.3) is 0 Å². The summed E-state index contributed by atoms with van der Waals surface area (Å²) in [7, 11) is -0.618. The highest BCUT2D eigenvalue weighted by molar-refractivity contribution is 7.58. The van der Waals surface area contributed by atoms with Crippen LogP contribution in [0.3, 0.4) is 0 Å². The summed E-state index contributed by atoms with van der Waals surface area (Å²) in [5.74, 6) is -0.0741. The van der Waals surface area contributed by atoms with Crippen molar-refractivity contribution in [3.8, 4) is 0 Å². The zero-order valence-corrected chi connectivity index (χ0v) is 13.9. The van der Waals surface area contributed by atoms with E-state index in [1.807, 2.05) is 14.0 Å². The first-order valence-corrected chi connectivity index (χ1v) is 8.43. The molecule has 0 saturated heterocycles. The van der Waals surface area contributed by atoms with Gasteiger partial charge in [0.2, 0.25) is 7.37 Å². The van der Waals surface area contributed by atoms with Gasteiger partial charge in [-0.15, -0.1) is 0 Å². The van der Waals surface area contributed by atoms with E-state index in [2.05, 4.69) is 46.4 Å². The predicted octanol–water partition coefficient (Wildman–Crippen LogP) is 4.03. The minimum Gasteiger partial charge on any atom is -0.328 e. The monoisotopic (exact) mass is 263 g/mol. The summed E-state index contributed by atoms with van der Waals surface area (Å²) in [6.45, 7) is 16.9. The van der Waals surface area contributed by atoms with Crippen LogP contribution in [-0.4, -0.2) is 36.5 Å². The molecule has 0 aromatic carbocycles. The van der Waals surface area contributed by atoms with Crippen LogP contribution in [-0.2, 0) is 9.09 Å². The third-order valence-electron chi connectivity index (χ3n) is 3.03. The van der Waals surface area contributed by atoms with Crippen LogP contribution >= 0.6 is 7.37 Å². The van der Waals surface area contributed by atoms with Gasteiger partial charge in [0.15, 0.2) is 0 Å². The Morgan fingerprint density at radius 3 is 1.82 bits per heavy atom. The Bertz CT molecular complexity index is 289. The van der Waals surface area contributed by atoms with Crippen LogP contribution in [0.4, 0.5) is 0 Å². The zero-order valence-electron chi connectivity index (χ0n) is 13.0. The standard InChI is InChI=1S/C13H30NO2P/c1-10-16-17(9,15)11(12(2,3)4)14(8)13(5,6)7/h11H,10H2,1-9H3. The molecule has 0 rings (SSSR count). The zero-order chi connectivity index (χ0) is 14.1. The van der Waals surface area contributed by atoms with Crippen LogP contribution in [0.1, 0.15) is 48.5 Å². The summed E-state index contributed by atoms with van der Waals surface area (Å²) in [6.07, 6.45) is 0. The van der Waals surface area contributed by atoms with Crippen molar-refractivity contribution in [3.63, 3.8) is 0 Å². The highest BCUT2D eigenvalue weighted by atomic mass is 31.2. The Labute approximate surface area is 107 Å². The van der Waals surface area contributed by atoms with Gasteiger partial charge >= 0.3 is 0 Å². The molecule has 0 radical (unpaired) electrons. The maximum Gasteiger partial charge on any atom is 0.217 e. The maximum absolute atomic E-state index is 12.8. The SMILES string of the molecule is CCOP(C)(=O)C(N(C)C(C)(C)C)C(C)(C)C. The van der Waals surface area contributed by atoms with E-state index in [-0.39, 0.29) is 16.7 Å². The largest absolute Gasteiger partial charge is 0.328 e. The maximum atomic E-state index is 12.8. The highest BCUT2D eigenvalue weighted by Crippen LogP contribution is 2.56. The van der Waals surface area contributed by atoms with Gasteiger partial charge in [-0.1, -0.05) is 20.8 Å². The van der Waals surface area contributed by atoms with Gasteiger partial charge in [0.05, 0.1) is 12.4 Å². The molecule has 0 bridgehead atoms. The molecule has 0 spiro atoms. The van der Waals surface area contributed by atoms with Crippen molar-refractivity contribution in [2.24, 2.45) is 5.41 Å². The van der Waals surface area contributed by atoms with Crippen molar-refractivity contribution >= 4 is 7.37 Å². The lowest BCUT2D eigenvalue weighted by Crippen LogP contribution is -2.50. The van der Waals surface area contributed by atoms with Gasteiger partial charge in [-0.05, 0) is 40.2 Å². The van der Waals surface area contributed by atoms with E-state index < -0.39 is 7.37 Å². The minimum atomic E-state index is -2.65. The molecule has 2 atom stereocenters. The van der Waals surface area contributed by atoms with E-state index in [1.54, 1.807) is 6.66 Å². The molecule has 17 heavy (non-hydrogen) atoms. The van der Waals surface area contributed by atoms with Gasteiger partial charge in [0.25, 0.3) is 0 Å². The van der Waals surface area contributed by atoms with Crippen molar-refractivity contribution in [3.05, 3.63) is 0 Å². The normalized spacial score (nSPS) is 19.2. The first-order chi connectivity index (χ1) is 7.34. The van der Waals surface area contributed by atoms with E-state index in [9.17, 15) is 4.57 Å². The summed E-state index contributed by atoms with van der Waals surface area (Å²) >= 11 is 0. The Kier molecular flexibility index (Phi) is 5.47. The van der Waals surface area contributed by atoms with Crippen LogP contribution in [0, 0.1) is 5.41 Å². The minimum absolute atomic E-state index is 0.0271. The summed E-state index contributed by atoms with van der Waals surface area (Å²) in [5, 5.41) is 0. The fraction of sp³-hybridized carbons (Fsp3) is 1.00. The molecule has 0 aliphatic rings. The Morgan fingerprint density at radius 1 is 1.18 bits per heavy atom. The van der Waals surface area contributed by atoms with Gasteiger partial charge in [-0.25, -0.2) is 0 Å². The van der Waals surface area contributed by atoms with Gasteiger partial charge < -0.3 is 4.52 Å². The van der Waals surface area contributed by atoms with E-state index in [4.69, 9.17) is 4.52 Å². The molecular weight excluding hydrogens is 233 g/mol. The molecule has 0 amide bonds. The average Bonchev–Trinajstić information content (AvgIpc) is 1.97. The number of nitrogens with zero attached hydrogens (tertiary/aromatic N) is 1. The Balaban J connectivity index is 5.39. The molecule has 0 aliphatic carbocycles. The average molecular weight is 263 g/mol. The molecule has 104 valence electrons. The summed E-state index contributed by atoms with van der Waals surface area (Å²) in [5.41, 5.74) is -0.109. The van der Waals surface area contributed by atoms with Crippen molar-refractivity contribution in [2.75, 3.05) is 20.3 Å². The van der Waals surface area contributed by atoms with E-state index >= 15 is 0 Å². The fourth-order valence-corrected chi connectivity index (χ4v) is 5.33. The third kappa shape index (κ3) is 4.73. The van der Waals surface area contributed by atoms with E-state index in [1.165, 1.54) is 0 Å². The lowest BCUT2D eigenvalue weighted by atomic mass is 9.93. The molecule has 4 heteroatoms. The van der Waals surface area contributed by atoms with Crippen LogP contribution < -0.4 is 0 Å². The molecule has 0 aliphatic heterocycles. The molecule has 0 saturated carbocycles. The van der Waals surface area contributed by atoms with Crippen LogP contribution in [0.15, 0.2) is 0 Å². The van der Waals surface area contributed by atoms with Gasteiger partial charge in [0.1, 0.15) is 0 Å². The Morgan fingerprint density at radius 2 is 1.59 bits per heavy atom. The molecule has 0 N–H and O–H groups in total. The quantitative estimate of drug-likeness (QED) is 0.717. The first-order valence-electron chi connectivity index (χ1n) is 6.28. The van der Waals surface area contributed by atoms with Gasteiger partial charge in [0, 0.05) is 12.2 Å². The lowest BCUT2D eigenvalue weighted by molar-refractivity contribution is 0.0840. The van der Waals surface area contributed by atoms with Crippen molar-refractivity contribution in [2.45, 2.75) is 59.8 Å². The second kappa shape index (κ2) is 5.42. The number of rotatable bonds is 4. The molecule has 2 unspecified atom stereocenters. The summed E-state index contributed by atoms with van der Waals surface area (Å²) in [4.78, 5) is 2.18. The second-order valence-corrected chi connectivity index (χ2v) is 9.41. The molecule has 0 fully saturated rings.